The topological polar surface area (TPSA) is 66.8 Å². The summed E-state index contributed by atoms with van der Waals surface area (Å²) >= 11 is 0. The predicted octanol–water partition coefficient (Wildman–Crippen LogP) is 1.66. The van der Waals surface area contributed by atoms with Crippen LogP contribution in [0.15, 0.2) is 0 Å². The Labute approximate surface area is 113 Å². The van der Waals surface area contributed by atoms with Gasteiger partial charge in [-0.2, -0.15) is 0 Å². The number of likely N-dealkylation sites (tertiary alicyclic amines) is 1. The maximum Gasteiger partial charge on any atom is 0.319 e. The first kappa shape index (κ1) is 14.3. The molecule has 1 unspecified atom stereocenters. The van der Waals surface area contributed by atoms with Crippen molar-refractivity contribution in [1.82, 2.24) is 4.90 Å². The predicted molar refractivity (Wildman–Crippen MR) is 69.8 cm³/mol. The quantitative estimate of drug-likeness (QED) is 0.771. The lowest BCUT2D eigenvalue weighted by atomic mass is 10.1. The molecule has 1 aliphatic heterocycles. The Hall–Kier alpha value is -1.10. The fourth-order valence-electron chi connectivity index (χ4n) is 2.67. The highest BCUT2D eigenvalue weighted by molar-refractivity contribution is 6.04. The molecule has 1 saturated heterocycles. The van der Waals surface area contributed by atoms with Crippen LogP contribution in [-0.2, 0) is 14.3 Å². The Kier molecular flexibility index (Phi) is 4.45. The number of rotatable bonds is 5. The zero-order valence-electron chi connectivity index (χ0n) is 11.6. The molecule has 0 spiro atoms. The standard InChI is InChI=1S/C14H23NO4/c1-2-10-19-11-4-3-8-15(9-5-11)12(16)14(6-7-14)13(17)18/h11H,2-10H2,1H3,(H,17,18). The zero-order chi connectivity index (χ0) is 13.9. The Morgan fingerprint density at radius 2 is 2.05 bits per heavy atom. The molecule has 0 aromatic carbocycles. The minimum atomic E-state index is -1.09. The third-order valence-electron chi connectivity index (χ3n) is 4.09. The number of amides is 1. The van der Waals surface area contributed by atoms with Gasteiger partial charge in [0, 0.05) is 19.7 Å². The van der Waals surface area contributed by atoms with Gasteiger partial charge < -0.3 is 14.7 Å². The van der Waals surface area contributed by atoms with Crippen LogP contribution in [0, 0.1) is 5.41 Å². The van der Waals surface area contributed by atoms with E-state index in [-0.39, 0.29) is 12.0 Å². The summed E-state index contributed by atoms with van der Waals surface area (Å²) in [5, 5.41) is 9.17. The molecule has 0 aromatic heterocycles. The van der Waals surface area contributed by atoms with Gasteiger partial charge in [0.2, 0.25) is 5.91 Å². The van der Waals surface area contributed by atoms with Gasteiger partial charge in [0.1, 0.15) is 5.41 Å². The average Bonchev–Trinajstić information content (AvgIpc) is 3.20. The molecule has 0 aromatic rings. The number of nitrogens with zero attached hydrogens (tertiary/aromatic N) is 1. The summed E-state index contributed by atoms with van der Waals surface area (Å²) in [6.45, 7) is 4.13. The van der Waals surface area contributed by atoms with E-state index in [1.807, 2.05) is 0 Å². The normalized spacial score (nSPS) is 25.7. The van der Waals surface area contributed by atoms with E-state index in [1.54, 1.807) is 4.90 Å². The van der Waals surface area contributed by atoms with E-state index < -0.39 is 11.4 Å². The van der Waals surface area contributed by atoms with E-state index >= 15 is 0 Å². The Bertz CT molecular complexity index is 351. The lowest BCUT2D eigenvalue weighted by Gasteiger charge is -2.24. The van der Waals surface area contributed by atoms with E-state index in [9.17, 15) is 14.7 Å². The number of carboxylic acids is 1. The first-order chi connectivity index (χ1) is 9.10. The molecule has 1 aliphatic carbocycles. The summed E-state index contributed by atoms with van der Waals surface area (Å²) in [6.07, 6.45) is 4.89. The third kappa shape index (κ3) is 3.08. The van der Waals surface area contributed by atoms with Crippen molar-refractivity contribution in [1.29, 1.82) is 0 Å². The van der Waals surface area contributed by atoms with Gasteiger partial charge in [-0.3, -0.25) is 9.59 Å². The van der Waals surface area contributed by atoms with Gasteiger partial charge in [-0.25, -0.2) is 0 Å². The molecular formula is C14H23NO4. The number of carbonyl (C=O) groups is 2. The van der Waals surface area contributed by atoms with Crippen molar-refractivity contribution in [3.8, 4) is 0 Å². The average molecular weight is 269 g/mol. The number of ether oxygens (including phenoxy) is 1. The minimum Gasteiger partial charge on any atom is -0.480 e. The van der Waals surface area contributed by atoms with E-state index in [1.165, 1.54) is 0 Å². The van der Waals surface area contributed by atoms with Crippen LogP contribution in [0.5, 0.6) is 0 Å². The second kappa shape index (κ2) is 5.90. The molecule has 2 fully saturated rings. The highest BCUT2D eigenvalue weighted by atomic mass is 16.5. The van der Waals surface area contributed by atoms with Gasteiger partial charge in [-0.15, -0.1) is 0 Å². The van der Waals surface area contributed by atoms with Gasteiger partial charge in [-0.1, -0.05) is 6.92 Å². The maximum atomic E-state index is 12.3. The number of aliphatic carboxylic acids is 1. The molecule has 19 heavy (non-hydrogen) atoms. The van der Waals surface area contributed by atoms with Gasteiger partial charge in [-0.05, 0) is 38.5 Å². The maximum absolute atomic E-state index is 12.3. The largest absolute Gasteiger partial charge is 0.480 e. The zero-order valence-corrected chi connectivity index (χ0v) is 11.6. The summed E-state index contributed by atoms with van der Waals surface area (Å²) in [5.41, 5.74) is -1.09. The van der Waals surface area contributed by atoms with Crippen molar-refractivity contribution in [2.24, 2.45) is 5.41 Å². The van der Waals surface area contributed by atoms with Crippen molar-refractivity contribution in [2.75, 3.05) is 19.7 Å². The van der Waals surface area contributed by atoms with Gasteiger partial charge in [0.15, 0.2) is 0 Å². The van der Waals surface area contributed by atoms with E-state index in [0.717, 1.165) is 32.3 Å². The monoisotopic (exact) mass is 269 g/mol. The molecule has 108 valence electrons. The minimum absolute atomic E-state index is 0.184. The van der Waals surface area contributed by atoms with E-state index in [2.05, 4.69) is 6.92 Å². The number of hydrogen-bond acceptors (Lipinski definition) is 3. The van der Waals surface area contributed by atoms with Crippen LogP contribution in [0.2, 0.25) is 0 Å². The Balaban J connectivity index is 1.89. The van der Waals surface area contributed by atoms with Crippen LogP contribution >= 0.6 is 0 Å². The molecule has 1 saturated carbocycles. The first-order valence-electron chi connectivity index (χ1n) is 7.24. The molecule has 0 radical (unpaired) electrons. The van der Waals surface area contributed by atoms with Gasteiger partial charge >= 0.3 is 5.97 Å². The lowest BCUT2D eigenvalue weighted by Crippen LogP contribution is -2.41. The van der Waals surface area contributed by atoms with Crippen LogP contribution in [-0.4, -0.2) is 47.7 Å². The van der Waals surface area contributed by atoms with Crippen molar-refractivity contribution in [3.05, 3.63) is 0 Å². The highest BCUT2D eigenvalue weighted by Gasteiger charge is 2.58. The van der Waals surface area contributed by atoms with Gasteiger partial charge in [0.05, 0.1) is 6.10 Å². The number of carbonyl (C=O) groups excluding carboxylic acids is 1. The number of hydrogen-bond donors (Lipinski definition) is 1. The third-order valence-corrected chi connectivity index (χ3v) is 4.09. The molecular weight excluding hydrogens is 246 g/mol. The van der Waals surface area contributed by atoms with Crippen LogP contribution in [0.1, 0.15) is 45.4 Å². The molecule has 1 atom stereocenters. The molecule has 2 aliphatic rings. The highest BCUT2D eigenvalue weighted by Crippen LogP contribution is 2.47. The second-order valence-electron chi connectivity index (χ2n) is 5.60. The smallest absolute Gasteiger partial charge is 0.319 e. The summed E-state index contributed by atoms with van der Waals surface area (Å²) in [5.74, 6) is -1.14. The van der Waals surface area contributed by atoms with Gasteiger partial charge in [0.25, 0.3) is 0 Å². The molecule has 2 rings (SSSR count). The molecule has 0 bridgehead atoms. The molecule has 5 nitrogen and oxygen atoms in total. The Morgan fingerprint density at radius 1 is 1.32 bits per heavy atom. The first-order valence-corrected chi connectivity index (χ1v) is 7.24. The Morgan fingerprint density at radius 3 is 2.63 bits per heavy atom. The fourth-order valence-corrected chi connectivity index (χ4v) is 2.67. The lowest BCUT2D eigenvalue weighted by molar-refractivity contribution is -0.153. The van der Waals surface area contributed by atoms with E-state index in [0.29, 0.717) is 25.9 Å². The SMILES string of the molecule is CCCOC1CCCN(C(=O)C2(C(=O)O)CC2)CC1. The molecule has 1 heterocycles. The van der Waals surface area contributed by atoms with Crippen molar-refractivity contribution < 1.29 is 19.4 Å². The molecule has 1 N–H and O–H groups in total. The molecule has 5 heteroatoms. The van der Waals surface area contributed by atoms with Crippen LogP contribution < -0.4 is 0 Å². The summed E-state index contributed by atoms with van der Waals surface area (Å²) in [4.78, 5) is 25.2. The summed E-state index contributed by atoms with van der Waals surface area (Å²) < 4.78 is 5.73. The molecule has 1 amide bonds. The second-order valence-corrected chi connectivity index (χ2v) is 5.60. The van der Waals surface area contributed by atoms with Crippen LogP contribution in [0.25, 0.3) is 0 Å². The van der Waals surface area contributed by atoms with Crippen molar-refractivity contribution in [3.63, 3.8) is 0 Å². The fraction of sp³-hybridized carbons (Fsp3) is 0.857. The van der Waals surface area contributed by atoms with Crippen LogP contribution in [0.4, 0.5) is 0 Å². The van der Waals surface area contributed by atoms with Crippen LogP contribution in [0.3, 0.4) is 0 Å². The van der Waals surface area contributed by atoms with Crippen molar-refractivity contribution >= 4 is 11.9 Å². The van der Waals surface area contributed by atoms with Crippen molar-refractivity contribution in [2.45, 2.75) is 51.6 Å². The number of carboxylic acid groups (broad SMARTS) is 1. The summed E-state index contributed by atoms with van der Waals surface area (Å²) in [6, 6.07) is 0. The summed E-state index contributed by atoms with van der Waals surface area (Å²) in [7, 11) is 0. The van der Waals surface area contributed by atoms with E-state index in [4.69, 9.17) is 4.74 Å².